The molecule has 0 bridgehead atoms. The van der Waals surface area contributed by atoms with Crippen LogP contribution >= 0.6 is 12.4 Å². The molecule has 2 rings (SSSR count). The third-order valence-corrected chi connectivity index (χ3v) is 3.91. The lowest BCUT2D eigenvalue weighted by Gasteiger charge is -2.29. The van der Waals surface area contributed by atoms with E-state index in [1.165, 1.54) is 6.07 Å². The van der Waals surface area contributed by atoms with E-state index in [1.807, 2.05) is 0 Å². The van der Waals surface area contributed by atoms with Crippen LogP contribution in [-0.2, 0) is 22.3 Å². The van der Waals surface area contributed by atoms with Crippen LogP contribution in [0.15, 0.2) is 18.2 Å². The Kier molecular flexibility index (Phi) is 7.11. The van der Waals surface area contributed by atoms with E-state index in [9.17, 15) is 35.9 Å². The van der Waals surface area contributed by atoms with Gasteiger partial charge in [0.1, 0.15) is 12.0 Å². The summed E-state index contributed by atoms with van der Waals surface area (Å²) in [4.78, 5) is 23.9. The van der Waals surface area contributed by atoms with Crippen LogP contribution in [0.4, 0.5) is 32.0 Å². The Balaban J connectivity index is 0.00000364. The molecule has 0 radical (unpaired) electrons. The van der Waals surface area contributed by atoms with Crippen molar-refractivity contribution in [3.63, 3.8) is 0 Å². The van der Waals surface area contributed by atoms with Gasteiger partial charge in [0.05, 0.1) is 5.56 Å². The van der Waals surface area contributed by atoms with Gasteiger partial charge in [-0.1, -0.05) is 0 Å². The normalized spacial score (nSPS) is 20.5. The highest BCUT2D eigenvalue weighted by atomic mass is 35.5. The first-order valence-electron chi connectivity index (χ1n) is 7.51. The van der Waals surface area contributed by atoms with E-state index in [1.54, 1.807) is 5.32 Å². The van der Waals surface area contributed by atoms with E-state index >= 15 is 0 Å². The number of nitrogens with one attached hydrogen (secondary N) is 2. The number of halogens is 7. The second-order valence-corrected chi connectivity index (χ2v) is 5.84. The number of nitrogens with two attached hydrogens (primary N) is 1. The zero-order chi connectivity index (χ0) is 19.7. The Hall–Kier alpha value is -2.01. The maximum Gasteiger partial charge on any atom is 0.416 e. The van der Waals surface area contributed by atoms with Crippen LogP contribution < -0.4 is 16.4 Å². The van der Waals surface area contributed by atoms with Crippen LogP contribution in [0.25, 0.3) is 0 Å². The van der Waals surface area contributed by atoms with Crippen LogP contribution in [0, 0.1) is 5.92 Å². The Morgan fingerprint density at radius 3 is 2.26 bits per heavy atom. The molecule has 1 fully saturated rings. The number of amides is 2. The maximum atomic E-state index is 12.9. The summed E-state index contributed by atoms with van der Waals surface area (Å²) in [5, 5.41) is 3.85. The summed E-state index contributed by atoms with van der Waals surface area (Å²) in [5.41, 5.74) is 4.15. The second kappa shape index (κ2) is 8.34. The van der Waals surface area contributed by atoms with Crippen LogP contribution in [0.5, 0.6) is 0 Å². The SMILES string of the molecule is Cl.NCc1cc(NC(=O)C2CCC(C(F)(F)F)NC2=O)cc(C(F)(F)F)c1. The minimum absolute atomic E-state index is 0. The van der Waals surface area contributed by atoms with Gasteiger partial charge in [0.25, 0.3) is 0 Å². The molecule has 27 heavy (non-hydrogen) atoms. The minimum Gasteiger partial charge on any atom is -0.344 e. The van der Waals surface area contributed by atoms with Gasteiger partial charge in [-0.2, -0.15) is 26.3 Å². The van der Waals surface area contributed by atoms with Crippen molar-refractivity contribution in [3.8, 4) is 0 Å². The van der Waals surface area contributed by atoms with E-state index in [4.69, 9.17) is 5.73 Å². The van der Waals surface area contributed by atoms with Gasteiger partial charge < -0.3 is 16.4 Å². The number of piperidine rings is 1. The summed E-state index contributed by atoms with van der Waals surface area (Å²) in [6.07, 6.45) is -10.2. The third-order valence-electron chi connectivity index (χ3n) is 3.91. The lowest BCUT2D eigenvalue weighted by atomic mass is 9.92. The average Bonchev–Trinajstić information content (AvgIpc) is 2.52. The van der Waals surface area contributed by atoms with E-state index in [0.717, 1.165) is 6.07 Å². The molecule has 152 valence electrons. The van der Waals surface area contributed by atoms with Gasteiger partial charge >= 0.3 is 12.4 Å². The average molecular weight is 420 g/mol. The van der Waals surface area contributed by atoms with Crippen LogP contribution in [0.1, 0.15) is 24.0 Å². The fourth-order valence-corrected chi connectivity index (χ4v) is 2.58. The summed E-state index contributed by atoms with van der Waals surface area (Å²) in [7, 11) is 0. The van der Waals surface area contributed by atoms with Crippen LogP contribution in [0.2, 0.25) is 0 Å². The molecule has 4 N–H and O–H groups in total. The smallest absolute Gasteiger partial charge is 0.344 e. The number of rotatable bonds is 3. The standard InChI is InChI=1S/C15H15F6N3O2.ClH/c16-14(17,18)8-3-7(6-22)4-9(5-8)23-12(25)10-1-2-11(15(19,20)21)24-13(10)26;/h3-5,10-11H,1-2,6,22H2,(H,23,25)(H,24,26);1H. The molecule has 5 nitrogen and oxygen atoms in total. The van der Waals surface area contributed by atoms with E-state index < -0.39 is 48.1 Å². The Morgan fingerprint density at radius 1 is 1.15 bits per heavy atom. The first-order chi connectivity index (χ1) is 11.9. The number of hydrogen-bond acceptors (Lipinski definition) is 3. The zero-order valence-corrected chi connectivity index (χ0v) is 14.4. The molecule has 0 saturated carbocycles. The molecule has 1 heterocycles. The molecule has 0 aliphatic carbocycles. The molecule has 1 aliphatic heterocycles. The highest BCUT2D eigenvalue weighted by Crippen LogP contribution is 2.33. The molecule has 1 aromatic rings. The molecule has 1 aliphatic rings. The number of hydrogen-bond donors (Lipinski definition) is 3. The largest absolute Gasteiger partial charge is 0.416 e. The molecule has 2 unspecified atom stereocenters. The van der Waals surface area contributed by atoms with Crippen LogP contribution in [0.3, 0.4) is 0 Å². The minimum atomic E-state index is -4.67. The number of carbonyl (C=O) groups is 2. The lowest BCUT2D eigenvalue weighted by molar-refractivity contribution is -0.170. The van der Waals surface area contributed by atoms with Gasteiger partial charge in [0.2, 0.25) is 11.8 Å². The molecule has 2 amide bonds. The fraction of sp³-hybridized carbons (Fsp3) is 0.467. The number of anilines is 1. The van der Waals surface area contributed by atoms with Crippen molar-refractivity contribution in [1.82, 2.24) is 5.32 Å². The van der Waals surface area contributed by atoms with E-state index in [2.05, 4.69) is 5.32 Å². The number of carbonyl (C=O) groups excluding carboxylic acids is 2. The first-order valence-corrected chi connectivity index (χ1v) is 7.51. The summed E-state index contributed by atoms with van der Waals surface area (Å²) in [6, 6.07) is 0.635. The van der Waals surface area contributed by atoms with Crippen LogP contribution in [-0.4, -0.2) is 24.0 Å². The highest BCUT2D eigenvalue weighted by molar-refractivity contribution is 6.07. The van der Waals surface area contributed by atoms with Crippen molar-refractivity contribution in [2.45, 2.75) is 37.8 Å². The maximum absolute atomic E-state index is 12.9. The summed E-state index contributed by atoms with van der Waals surface area (Å²) in [6.45, 7) is -0.218. The monoisotopic (exact) mass is 419 g/mol. The number of benzene rings is 1. The van der Waals surface area contributed by atoms with Crippen molar-refractivity contribution in [2.24, 2.45) is 11.7 Å². The predicted octanol–water partition coefficient (Wildman–Crippen LogP) is 2.98. The van der Waals surface area contributed by atoms with Gasteiger partial charge in [0.15, 0.2) is 0 Å². The van der Waals surface area contributed by atoms with Gasteiger partial charge in [-0.3, -0.25) is 9.59 Å². The molecule has 0 aromatic heterocycles. The Bertz CT molecular complexity index is 708. The Labute approximate surface area is 156 Å². The zero-order valence-electron chi connectivity index (χ0n) is 13.6. The number of alkyl halides is 6. The predicted molar refractivity (Wildman–Crippen MR) is 85.9 cm³/mol. The van der Waals surface area contributed by atoms with Crippen molar-refractivity contribution in [1.29, 1.82) is 0 Å². The molecule has 1 aromatic carbocycles. The molecule has 2 atom stereocenters. The quantitative estimate of drug-likeness (QED) is 0.520. The van der Waals surface area contributed by atoms with Crippen molar-refractivity contribution in [2.75, 3.05) is 5.32 Å². The topological polar surface area (TPSA) is 84.2 Å². The Morgan fingerprint density at radius 2 is 1.78 bits per heavy atom. The molecule has 1 saturated heterocycles. The highest BCUT2D eigenvalue weighted by Gasteiger charge is 2.46. The van der Waals surface area contributed by atoms with Crippen molar-refractivity contribution >= 4 is 29.9 Å². The lowest BCUT2D eigenvalue weighted by Crippen LogP contribution is -2.53. The first kappa shape index (κ1) is 23.0. The fourth-order valence-electron chi connectivity index (χ4n) is 2.58. The summed E-state index contributed by atoms with van der Waals surface area (Å²) < 4.78 is 76.4. The molecular formula is C15H16ClF6N3O2. The second-order valence-electron chi connectivity index (χ2n) is 5.84. The molecular weight excluding hydrogens is 404 g/mol. The van der Waals surface area contributed by atoms with Gasteiger partial charge in [-0.15, -0.1) is 12.4 Å². The van der Waals surface area contributed by atoms with Gasteiger partial charge in [-0.25, -0.2) is 0 Å². The van der Waals surface area contributed by atoms with Gasteiger partial charge in [0, 0.05) is 12.2 Å². The molecule has 0 spiro atoms. The van der Waals surface area contributed by atoms with Gasteiger partial charge in [-0.05, 0) is 36.6 Å². The summed E-state index contributed by atoms with van der Waals surface area (Å²) >= 11 is 0. The third kappa shape index (κ3) is 5.73. The van der Waals surface area contributed by atoms with E-state index in [-0.39, 0.29) is 36.6 Å². The molecule has 12 heteroatoms. The van der Waals surface area contributed by atoms with Crippen molar-refractivity contribution < 1.29 is 35.9 Å². The van der Waals surface area contributed by atoms with Crippen molar-refractivity contribution in [3.05, 3.63) is 29.3 Å². The van der Waals surface area contributed by atoms with E-state index in [0.29, 0.717) is 6.07 Å². The summed E-state index contributed by atoms with van der Waals surface area (Å²) in [5.74, 6) is -3.53.